The Kier molecular flexibility index (Phi) is 10.1. The molecule has 0 fully saturated rings. The van der Waals surface area contributed by atoms with Crippen LogP contribution in [0.2, 0.25) is 0 Å². The summed E-state index contributed by atoms with van der Waals surface area (Å²) in [6.45, 7) is 3.71. The van der Waals surface area contributed by atoms with Gasteiger partial charge in [-0.3, -0.25) is 11.3 Å². The van der Waals surface area contributed by atoms with E-state index in [1.165, 1.54) is 0 Å². The molecule has 0 aromatic carbocycles. The summed E-state index contributed by atoms with van der Waals surface area (Å²) in [6, 6.07) is 0.334. The number of hydrazine groups is 1. The molecule has 3 nitrogen and oxygen atoms in total. The van der Waals surface area contributed by atoms with E-state index in [1.54, 1.807) is 0 Å². The van der Waals surface area contributed by atoms with E-state index >= 15 is 0 Å². The summed E-state index contributed by atoms with van der Waals surface area (Å²) in [5, 5.41) is 0. The summed E-state index contributed by atoms with van der Waals surface area (Å²) in [4.78, 5) is 0. The van der Waals surface area contributed by atoms with Crippen molar-refractivity contribution in [2.45, 2.75) is 45.1 Å². The second kappa shape index (κ2) is 10.5. The number of hydrogen-bond acceptors (Lipinski definition) is 3. The van der Waals surface area contributed by atoms with Gasteiger partial charge in [0.15, 0.2) is 0 Å². The highest BCUT2D eigenvalue weighted by molar-refractivity contribution is 4.83. The first-order valence-electron chi connectivity index (χ1n) is 5.32. The molecule has 1 unspecified atom stereocenters. The van der Waals surface area contributed by atoms with Crippen molar-refractivity contribution in [2.75, 3.05) is 13.2 Å². The molecule has 1 atom stereocenters. The van der Waals surface area contributed by atoms with Crippen molar-refractivity contribution in [3.63, 3.8) is 0 Å². The molecule has 0 rings (SSSR count). The van der Waals surface area contributed by atoms with Crippen LogP contribution in [0.5, 0.6) is 0 Å². The molecular weight excluding hydrogens is 176 g/mol. The molecule has 0 bridgehead atoms. The van der Waals surface area contributed by atoms with E-state index in [4.69, 9.17) is 17.0 Å². The lowest BCUT2D eigenvalue weighted by Crippen LogP contribution is -2.35. The van der Waals surface area contributed by atoms with Gasteiger partial charge >= 0.3 is 0 Å². The Labute approximate surface area is 87.4 Å². The van der Waals surface area contributed by atoms with Crippen LogP contribution < -0.4 is 11.3 Å². The zero-order valence-corrected chi connectivity index (χ0v) is 9.09. The Morgan fingerprint density at radius 3 is 2.79 bits per heavy atom. The Balaban J connectivity index is 3.34. The van der Waals surface area contributed by atoms with Gasteiger partial charge in [0, 0.05) is 25.7 Å². The topological polar surface area (TPSA) is 47.3 Å². The third kappa shape index (κ3) is 8.06. The molecule has 0 aliphatic carbocycles. The van der Waals surface area contributed by atoms with Crippen LogP contribution in [-0.4, -0.2) is 19.3 Å². The molecule has 0 spiro atoms. The number of nitrogens with one attached hydrogen (secondary N) is 1. The van der Waals surface area contributed by atoms with Crippen molar-refractivity contribution in [1.82, 2.24) is 5.43 Å². The van der Waals surface area contributed by atoms with E-state index in [2.05, 4.69) is 18.3 Å². The molecule has 3 heteroatoms. The Morgan fingerprint density at radius 1 is 1.43 bits per heavy atom. The smallest absolute Gasteiger partial charge is 0.0481 e. The third-order valence-corrected chi connectivity index (χ3v) is 2.07. The number of ether oxygens (including phenoxy) is 1. The first kappa shape index (κ1) is 13.4. The molecule has 0 heterocycles. The standard InChI is InChI=1S/C11H22N2O/c1-3-5-6-7-11(13-12)8-10-14-9-4-2/h1,11,13H,4-10,12H2,2H3. The predicted octanol–water partition coefficient (Wildman–Crippen LogP) is 1.44. The molecule has 0 saturated heterocycles. The molecule has 0 amide bonds. The van der Waals surface area contributed by atoms with Crippen molar-refractivity contribution in [3.05, 3.63) is 0 Å². The first-order valence-corrected chi connectivity index (χ1v) is 5.32. The highest BCUT2D eigenvalue weighted by atomic mass is 16.5. The van der Waals surface area contributed by atoms with Gasteiger partial charge in [-0.2, -0.15) is 0 Å². The Hall–Kier alpha value is -0.560. The van der Waals surface area contributed by atoms with Gasteiger partial charge < -0.3 is 4.74 Å². The van der Waals surface area contributed by atoms with E-state index in [0.717, 1.165) is 45.3 Å². The number of unbranched alkanes of at least 4 members (excludes halogenated alkanes) is 1. The SMILES string of the molecule is C#CCCCC(CCOCCC)NN. The lowest BCUT2D eigenvalue weighted by atomic mass is 10.1. The summed E-state index contributed by atoms with van der Waals surface area (Å²) in [6.07, 6.45) is 10.1. The van der Waals surface area contributed by atoms with Crippen LogP contribution in [0.4, 0.5) is 0 Å². The van der Waals surface area contributed by atoms with Crippen molar-refractivity contribution in [1.29, 1.82) is 0 Å². The van der Waals surface area contributed by atoms with E-state index < -0.39 is 0 Å². The summed E-state index contributed by atoms with van der Waals surface area (Å²) in [7, 11) is 0. The zero-order valence-electron chi connectivity index (χ0n) is 9.09. The lowest BCUT2D eigenvalue weighted by Gasteiger charge is -2.14. The average molecular weight is 198 g/mol. The van der Waals surface area contributed by atoms with Crippen molar-refractivity contribution in [2.24, 2.45) is 5.84 Å². The van der Waals surface area contributed by atoms with Crippen molar-refractivity contribution < 1.29 is 4.74 Å². The molecule has 0 aliphatic heterocycles. The highest BCUT2D eigenvalue weighted by Crippen LogP contribution is 2.03. The van der Waals surface area contributed by atoms with E-state index in [1.807, 2.05) is 0 Å². The minimum absolute atomic E-state index is 0.334. The summed E-state index contributed by atoms with van der Waals surface area (Å²) in [5.41, 5.74) is 2.79. The number of terminal acetylenes is 1. The molecule has 3 N–H and O–H groups in total. The third-order valence-electron chi connectivity index (χ3n) is 2.07. The average Bonchev–Trinajstić information content (AvgIpc) is 2.22. The Morgan fingerprint density at radius 2 is 2.21 bits per heavy atom. The summed E-state index contributed by atoms with van der Waals surface area (Å²) in [5.74, 6) is 8.04. The van der Waals surface area contributed by atoms with Crippen molar-refractivity contribution >= 4 is 0 Å². The zero-order chi connectivity index (χ0) is 10.6. The van der Waals surface area contributed by atoms with Gasteiger partial charge in [0.1, 0.15) is 0 Å². The number of rotatable bonds is 9. The lowest BCUT2D eigenvalue weighted by molar-refractivity contribution is 0.123. The minimum Gasteiger partial charge on any atom is -0.381 e. The van der Waals surface area contributed by atoms with Crippen LogP contribution in [0.15, 0.2) is 0 Å². The minimum atomic E-state index is 0.334. The summed E-state index contributed by atoms with van der Waals surface area (Å²) >= 11 is 0. The van der Waals surface area contributed by atoms with Crippen LogP contribution in [0.1, 0.15) is 39.0 Å². The van der Waals surface area contributed by atoms with Crippen LogP contribution in [0.3, 0.4) is 0 Å². The maximum atomic E-state index is 5.41. The van der Waals surface area contributed by atoms with Gasteiger partial charge in [-0.1, -0.05) is 6.92 Å². The molecule has 0 saturated carbocycles. The van der Waals surface area contributed by atoms with E-state index in [9.17, 15) is 0 Å². The fourth-order valence-corrected chi connectivity index (χ4v) is 1.23. The van der Waals surface area contributed by atoms with Gasteiger partial charge in [-0.05, 0) is 25.7 Å². The Bertz CT molecular complexity index is 154. The maximum Gasteiger partial charge on any atom is 0.0481 e. The number of hydrogen-bond donors (Lipinski definition) is 2. The molecule has 0 radical (unpaired) electrons. The largest absolute Gasteiger partial charge is 0.381 e. The van der Waals surface area contributed by atoms with E-state index in [-0.39, 0.29) is 0 Å². The highest BCUT2D eigenvalue weighted by Gasteiger charge is 2.04. The fraction of sp³-hybridized carbons (Fsp3) is 0.818. The van der Waals surface area contributed by atoms with E-state index in [0.29, 0.717) is 6.04 Å². The molecule has 0 aliphatic rings. The maximum absolute atomic E-state index is 5.41. The van der Waals surface area contributed by atoms with Gasteiger partial charge in [0.2, 0.25) is 0 Å². The van der Waals surface area contributed by atoms with Crippen LogP contribution in [0.25, 0.3) is 0 Å². The molecular formula is C11H22N2O. The predicted molar refractivity (Wildman–Crippen MR) is 59.5 cm³/mol. The van der Waals surface area contributed by atoms with Crippen molar-refractivity contribution in [3.8, 4) is 12.3 Å². The van der Waals surface area contributed by atoms with Crippen LogP contribution in [0, 0.1) is 12.3 Å². The quantitative estimate of drug-likeness (QED) is 0.255. The summed E-state index contributed by atoms with van der Waals surface area (Å²) < 4.78 is 5.39. The fourth-order valence-electron chi connectivity index (χ4n) is 1.23. The number of nitrogens with two attached hydrogens (primary N) is 1. The second-order valence-corrected chi connectivity index (χ2v) is 3.36. The molecule has 82 valence electrons. The van der Waals surface area contributed by atoms with Crippen LogP contribution in [-0.2, 0) is 4.74 Å². The first-order chi connectivity index (χ1) is 6.85. The normalized spacial score (nSPS) is 12.4. The van der Waals surface area contributed by atoms with Crippen LogP contribution >= 0.6 is 0 Å². The molecule has 0 aromatic rings. The van der Waals surface area contributed by atoms with Gasteiger partial charge in [-0.15, -0.1) is 12.3 Å². The van der Waals surface area contributed by atoms with Gasteiger partial charge in [0.05, 0.1) is 0 Å². The van der Waals surface area contributed by atoms with Gasteiger partial charge in [0.25, 0.3) is 0 Å². The van der Waals surface area contributed by atoms with Gasteiger partial charge in [-0.25, -0.2) is 0 Å². The molecule has 14 heavy (non-hydrogen) atoms. The second-order valence-electron chi connectivity index (χ2n) is 3.36. The molecule has 0 aromatic heterocycles. The monoisotopic (exact) mass is 198 g/mol.